The molecule has 1 aliphatic heterocycles. The Balaban J connectivity index is 2.42. The summed E-state index contributed by atoms with van der Waals surface area (Å²) >= 11 is 0. The summed E-state index contributed by atoms with van der Waals surface area (Å²) in [5.41, 5.74) is -0.130. The zero-order valence-corrected chi connectivity index (χ0v) is 14.4. The molecule has 1 saturated heterocycles. The number of oxime groups is 1. The van der Waals surface area contributed by atoms with Crippen molar-refractivity contribution >= 4 is 23.6 Å². The molecule has 1 aliphatic rings. The smallest absolute Gasteiger partial charge is 0.303 e. The van der Waals surface area contributed by atoms with Gasteiger partial charge in [0.1, 0.15) is 12.7 Å². The van der Waals surface area contributed by atoms with Gasteiger partial charge in [-0.3, -0.25) is 14.4 Å². The van der Waals surface area contributed by atoms with Gasteiger partial charge in [0.05, 0.1) is 0 Å². The van der Waals surface area contributed by atoms with E-state index >= 15 is 0 Å². The fraction of sp³-hybridized carbons (Fsp3) is 0.533. The summed E-state index contributed by atoms with van der Waals surface area (Å²) in [6, 6.07) is 1.61. The van der Waals surface area contributed by atoms with Crippen LogP contribution in [0.15, 0.2) is 23.6 Å². The minimum Gasteiger partial charge on any atom is -0.463 e. The maximum absolute atomic E-state index is 11.5. The number of aromatic nitrogens is 2. The van der Waals surface area contributed by atoms with Crippen molar-refractivity contribution in [3.8, 4) is 0 Å². The Labute approximate surface area is 148 Å². The fourth-order valence-corrected chi connectivity index (χ4v) is 2.51. The highest BCUT2D eigenvalue weighted by Gasteiger charge is 2.49. The summed E-state index contributed by atoms with van der Waals surface area (Å²) < 4.78 is 22.4. The summed E-state index contributed by atoms with van der Waals surface area (Å²) in [6.45, 7) is 3.24. The first-order chi connectivity index (χ1) is 12.3. The Morgan fingerprint density at radius 1 is 1.23 bits per heavy atom. The minimum absolute atomic E-state index is 0.130. The summed E-state index contributed by atoms with van der Waals surface area (Å²) in [6.07, 6.45) is -1.49. The van der Waals surface area contributed by atoms with E-state index in [0.717, 1.165) is 13.8 Å². The number of hydrogen-bond acceptors (Lipinski definition) is 10. The van der Waals surface area contributed by atoms with Crippen LogP contribution < -0.4 is 0 Å². The molecule has 0 saturated carbocycles. The number of esters is 3. The van der Waals surface area contributed by atoms with E-state index < -0.39 is 42.4 Å². The van der Waals surface area contributed by atoms with Gasteiger partial charge in [-0.15, -0.1) is 0 Å². The van der Waals surface area contributed by atoms with Gasteiger partial charge in [0.15, 0.2) is 24.1 Å². The van der Waals surface area contributed by atoms with Crippen LogP contribution in [-0.2, 0) is 33.3 Å². The van der Waals surface area contributed by atoms with Gasteiger partial charge < -0.3 is 24.2 Å². The number of rotatable bonds is 5. The van der Waals surface area contributed by atoms with E-state index in [4.69, 9.17) is 18.9 Å². The minimum atomic E-state index is -1.26. The van der Waals surface area contributed by atoms with Crippen molar-refractivity contribution in [2.24, 2.45) is 5.16 Å². The Hall–Kier alpha value is -2.95. The number of carbonyl (C=O) groups is 3. The molecule has 0 amide bonds. The molecule has 1 N–H and O–H groups in total. The molecule has 11 nitrogen and oxygen atoms in total. The number of carbonyl (C=O) groups excluding carboxylic acids is 3. The second kappa shape index (κ2) is 8.43. The fourth-order valence-electron chi connectivity index (χ4n) is 2.51. The molecule has 2 rings (SSSR count). The van der Waals surface area contributed by atoms with Gasteiger partial charge in [0.25, 0.3) is 0 Å². The molecule has 1 fully saturated rings. The van der Waals surface area contributed by atoms with Crippen molar-refractivity contribution in [3.63, 3.8) is 0 Å². The highest BCUT2D eigenvalue weighted by atomic mass is 16.6. The lowest BCUT2D eigenvalue weighted by Gasteiger charge is -2.40. The summed E-state index contributed by atoms with van der Waals surface area (Å²) in [5.74, 6) is -1.95. The van der Waals surface area contributed by atoms with E-state index in [1.807, 2.05) is 0 Å². The molecular weight excluding hydrogens is 350 g/mol. The van der Waals surface area contributed by atoms with E-state index in [9.17, 15) is 19.6 Å². The normalized spacial score (nSPS) is 27.0. The van der Waals surface area contributed by atoms with Gasteiger partial charge in [0, 0.05) is 33.2 Å². The van der Waals surface area contributed by atoms with E-state index in [1.165, 1.54) is 24.0 Å². The van der Waals surface area contributed by atoms with Crippen LogP contribution in [0.4, 0.5) is 0 Å². The van der Waals surface area contributed by atoms with Gasteiger partial charge in [0.2, 0.25) is 0 Å². The van der Waals surface area contributed by atoms with Gasteiger partial charge in [-0.25, -0.2) is 4.68 Å². The molecule has 11 heteroatoms. The van der Waals surface area contributed by atoms with E-state index in [-0.39, 0.29) is 12.3 Å². The molecule has 142 valence electrons. The lowest BCUT2D eigenvalue weighted by Crippen LogP contribution is -2.57. The molecule has 0 radical (unpaired) electrons. The number of nitrogens with zero attached hydrogens (tertiary/aromatic N) is 3. The molecule has 1 aromatic rings. The summed E-state index contributed by atoms with van der Waals surface area (Å²) in [5, 5.41) is 16.6. The molecule has 0 aromatic carbocycles. The molecule has 0 spiro atoms. The molecular formula is C15H19N3O8. The first-order valence-corrected chi connectivity index (χ1v) is 7.67. The van der Waals surface area contributed by atoms with Crippen LogP contribution in [0.2, 0.25) is 0 Å². The van der Waals surface area contributed by atoms with E-state index in [0.29, 0.717) is 0 Å². The molecule has 4 atom stereocenters. The van der Waals surface area contributed by atoms with Crippen LogP contribution >= 0.6 is 0 Å². The Morgan fingerprint density at radius 3 is 2.42 bits per heavy atom. The molecule has 2 heterocycles. The largest absolute Gasteiger partial charge is 0.463 e. The SMILES string of the molecule is CC(=O)OCC1OC(n2cccn2)/C(=N\O)C(OC(C)=O)C1OC(C)=O. The van der Waals surface area contributed by atoms with E-state index in [2.05, 4.69) is 10.3 Å². The number of hydrogen-bond donors (Lipinski definition) is 1. The number of ether oxygens (including phenoxy) is 4. The van der Waals surface area contributed by atoms with Gasteiger partial charge in [-0.1, -0.05) is 5.16 Å². The standard InChI is InChI=1S/C15H19N3O8/c1-8(19)23-7-11-13(24-9(2)20)14(25-10(3)21)12(17-22)15(26-11)18-6-4-5-16-18/h4-6,11,13-15,22H,7H2,1-3H3/b17-12-. The molecule has 4 unspecified atom stereocenters. The van der Waals surface area contributed by atoms with Crippen LogP contribution in [-0.4, -0.2) is 63.5 Å². The monoisotopic (exact) mass is 369 g/mol. The van der Waals surface area contributed by atoms with Crippen molar-refractivity contribution in [3.05, 3.63) is 18.5 Å². The average molecular weight is 369 g/mol. The highest BCUT2D eigenvalue weighted by Crippen LogP contribution is 2.30. The Bertz CT molecular complexity index is 687. The zero-order valence-electron chi connectivity index (χ0n) is 14.4. The van der Waals surface area contributed by atoms with Crippen LogP contribution in [0.25, 0.3) is 0 Å². The van der Waals surface area contributed by atoms with Crippen molar-refractivity contribution in [2.45, 2.75) is 45.3 Å². The third-order valence-corrected chi connectivity index (χ3v) is 3.44. The summed E-state index contributed by atoms with van der Waals surface area (Å²) in [4.78, 5) is 34.2. The lowest BCUT2D eigenvalue weighted by molar-refractivity contribution is -0.196. The molecule has 1 aromatic heterocycles. The summed E-state index contributed by atoms with van der Waals surface area (Å²) in [7, 11) is 0. The van der Waals surface area contributed by atoms with Gasteiger partial charge in [-0.2, -0.15) is 5.10 Å². The van der Waals surface area contributed by atoms with Crippen LogP contribution in [0.3, 0.4) is 0 Å². The molecule has 0 aliphatic carbocycles. The third-order valence-electron chi connectivity index (χ3n) is 3.44. The second-order valence-electron chi connectivity index (χ2n) is 5.44. The Kier molecular flexibility index (Phi) is 6.28. The topological polar surface area (TPSA) is 139 Å². The third kappa shape index (κ3) is 4.57. The van der Waals surface area contributed by atoms with Crippen molar-refractivity contribution in [1.29, 1.82) is 0 Å². The van der Waals surface area contributed by atoms with Crippen LogP contribution in [0.5, 0.6) is 0 Å². The van der Waals surface area contributed by atoms with Crippen LogP contribution in [0.1, 0.15) is 27.0 Å². The van der Waals surface area contributed by atoms with Crippen molar-refractivity contribution in [1.82, 2.24) is 9.78 Å². The maximum Gasteiger partial charge on any atom is 0.303 e. The quantitative estimate of drug-likeness (QED) is 0.330. The zero-order chi connectivity index (χ0) is 19.3. The predicted octanol–water partition coefficient (Wildman–Crippen LogP) is 0.0372. The Morgan fingerprint density at radius 2 is 1.92 bits per heavy atom. The average Bonchev–Trinajstić information content (AvgIpc) is 3.08. The molecule has 0 bridgehead atoms. The first kappa shape index (κ1) is 19.4. The second-order valence-corrected chi connectivity index (χ2v) is 5.44. The predicted molar refractivity (Wildman–Crippen MR) is 83.1 cm³/mol. The molecule has 26 heavy (non-hydrogen) atoms. The highest BCUT2D eigenvalue weighted by molar-refractivity contribution is 5.93. The van der Waals surface area contributed by atoms with Crippen LogP contribution in [0, 0.1) is 0 Å². The van der Waals surface area contributed by atoms with Gasteiger partial charge in [-0.05, 0) is 6.07 Å². The van der Waals surface area contributed by atoms with Crippen molar-refractivity contribution < 1.29 is 38.5 Å². The van der Waals surface area contributed by atoms with Crippen molar-refractivity contribution in [2.75, 3.05) is 6.61 Å². The van der Waals surface area contributed by atoms with Gasteiger partial charge >= 0.3 is 17.9 Å². The maximum atomic E-state index is 11.5. The first-order valence-electron chi connectivity index (χ1n) is 7.67. The van der Waals surface area contributed by atoms with E-state index in [1.54, 1.807) is 6.07 Å². The lowest BCUT2D eigenvalue weighted by atomic mass is 9.98.